The van der Waals surface area contributed by atoms with Gasteiger partial charge in [-0.2, -0.15) is 5.10 Å². The number of nitrogens with one attached hydrogen (secondary N) is 1. The van der Waals surface area contributed by atoms with E-state index in [2.05, 4.69) is 32.5 Å². The van der Waals surface area contributed by atoms with Crippen molar-refractivity contribution >= 4 is 55.2 Å². The lowest BCUT2D eigenvalue weighted by Crippen LogP contribution is -2.16. The molecule has 1 N–H and O–H groups in total. The molecule has 0 spiro atoms. The molecule has 0 saturated heterocycles. The number of nitro groups is 1. The molecule has 1 aromatic heterocycles. The molecule has 10 heteroatoms. The van der Waals surface area contributed by atoms with Crippen molar-refractivity contribution in [3.05, 3.63) is 96.8 Å². The SMILES string of the molecule is CCOc1cc(/C=N\NC(=O)c2cc3cc([N+](=O)[O-])ccc3s2)c(Br)cc1OCc1cccc(C)c1. The van der Waals surface area contributed by atoms with Crippen LogP contribution < -0.4 is 14.9 Å². The Morgan fingerprint density at radius 2 is 1.94 bits per heavy atom. The third-order valence-corrected chi connectivity index (χ3v) is 6.95. The summed E-state index contributed by atoms with van der Waals surface area (Å²) in [7, 11) is 0. The minimum Gasteiger partial charge on any atom is -0.490 e. The van der Waals surface area contributed by atoms with Crippen LogP contribution in [0.2, 0.25) is 0 Å². The number of benzene rings is 3. The van der Waals surface area contributed by atoms with Crippen LogP contribution in [0.5, 0.6) is 11.5 Å². The van der Waals surface area contributed by atoms with Gasteiger partial charge in [0.05, 0.1) is 22.6 Å². The van der Waals surface area contributed by atoms with Crippen molar-refractivity contribution < 1.29 is 19.2 Å². The molecule has 0 bridgehead atoms. The van der Waals surface area contributed by atoms with E-state index in [9.17, 15) is 14.9 Å². The number of hydrogen-bond donors (Lipinski definition) is 1. The molecule has 0 aliphatic carbocycles. The Morgan fingerprint density at radius 1 is 1.14 bits per heavy atom. The number of nitro benzene ring substituents is 1. The number of non-ortho nitro benzene ring substituents is 1. The molecule has 4 aromatic rings. The van der Waals surface area contributed by atoms with Crippen molar-refractivity contribution in [2.24, 2.45) is 5.10 Å². The van der Waals surface area contributed by atoms with Crippen molar-refractivity contribution in [3.63, 3.8) is 0 Å². The molecule has 0 aliphatic rings. The quantitative estimate of drug-likeness (QED) is 0.139. The third kappa shape index (κ3) is 6.07. The monoisotopic (exact) mass is 567 g/mol. The van der Waals surface area contributed by atoms with Gasteiger partial charge in [0.15, 0.2) is 11.5 Å². The van der Waals surface area contributed by atoms with E-state index in [0.717, 1.165) is 20.3 Å². The van der Waals surface area contributed by atoms with Gasteiger partial charge < -0.3 is 9.47 Å². The largest absolute Gasteiger partial charge is 0.490 e. The number of amides is 1. The van der Waals surface area contributed by atoms with Gasteiger partial charge in [-0.25, -0.2) is 5.43 Å². The summed E-state index contributed by atoms with van der Waals surface area (Å²) >= 11 is 4.77. The fraction of sp³-hybridized carbons (Fsp3) is 0.154. The van der Waals surface area contributed by atoms with Gasteiger partial charge in [-0.15, -0.1) is 11.3 Å². The molecule has 0 unspecified atom stereocenters. The standard InChI is InChI=1S/C26H22BrN3O5S/c1-3-34-22-11-19(21(27)13-23(22)35-15-17-6-4-5-16(2)9-17)14-28-29-26(31)25-12-18-10-20(30(32)33)7-8-24(18)36-25/h4-14H,3,15H2,1-2H3,(H,29,31)/b28-14-. The summed E-state index contributed by atoms with van der Waals surface area (Å²) in [4.78, 5) is 23.5. The fourth-order valence-corrected chi connectivity index (χ4v) is 4.82. The van der Waals surface area contributed by atoms with Crippen LogP contribution in [0.3, 0.4) is 0 Å². The van der Waals surface area contributed by atoms with Crippen LogP contribution in [0, 0.1) is 17.0 Å². The zero-order valence-corrected chi connectivity index (χ0v) is 21.9. The summed E-state index contributed by atoms with van der Waals surface area (Å²) in [5, 5.41) is 15.7. The number of carbonyl (C=O) groups is 1. The second-order valence-electron chi connectivity index (χ2n) is 7.82. The van der Waals surface area contributed by atoms with Gasteiger partial charge in [-0.1, -0.05) is 29.8 Å². The first-order chi connectivity index (χ1) is 17.3. The van der Waals surface area contributed by atoms with Crippen LogP contribution in [0.1, 0.15) is 33.3 Å². The van der Waals surface area contributed by atoms with Crippen LogP contribution in [-0.4, -0.2) is 23.7 Å². The molecule has 0 fully saturated rings. The Hall–Kier alpha value is -3.76. The fourth-order valence-electron chi connectivity index (χ4n) is 3.47. The molecule has 0 atom stereocenters. The summed E-state index contributed by atoms with van der Waals surface area (Å²) in [5.41, 5.74) is 5.39. The molecule has 184 valence electrons. The molecule has 1 heterocycles. The van der Waals surface area contributed by atoms with Crippen LogP contribution in [0.4, 0.5) is 5.69 Å². The first-order valence-electron chi connectivity index (χ1n) is 11.0. The summed E-state index contributed by atoms with van der Waals surface area (Å²) in [6, 6.07) is 17.8. The Bertz CT molecular complexity index is 1470. The van der Waals surface area contributed by atoms with Gasteiger partial charge in [0.2, 0.25) is 0 Å². The van der Waals surface area contributed by atoms with Crippen molar-refractivity contribution in [1.82, 2.24) is 5.43 Å². The zero-order chi connectivity index (χ0) is 25.7. The molecule has 4 rings (SSSR count). The van der Waals surface area contributed by atoms with Crippen LogP contribution in [0.25, 0.3) is 10.1 Å². The molecule has 1 amide bonds. The number of rotatable bonds is 9. The average molecular weight is 568 g/mol. The van der Waals surface area contributed by atoms with E-state index in [0.29, 0.717) is 40.5 Å². The lowest BCUT2D eigenvalue weighted by molar-refractivity contribution is -0.384. The number of hydrogen-bond acceptors (Lipinski definition) is 7. The van der Waals surface area contributed by atoms with Crippen LogP contribution in [-0.2, 0) is 6.61 Å². The highest BCUT2D eigenvalue weighted by Gasteiger charge is 2.14. The number of nitrogens with zero attached hydrogens (tertiary/aromatic N) is 2. The molecule has 0 aliphatic heterocycles. The number of ether oxygens (including phenoxy) is 2. The van der Waals surface area contributed by atoms with E-state index < -0.39 is 10.8 Å². The minimum absolute atomic E-state index is 0.0217. The summed E-state index contributed by atoms with van der Waals surface area (Å²) in [5.74, 6) is 0.743. The lowest BCUT2D eigenvalue weighted by Gasteiger charge is -2.14. The number of thiophene rings is 1. The molecule has 8 nitrogen and oxygen atoms in total. The number of carbonyl (C=O) groups excluding carboxylic acids is 1. The zero-order valence-electron chi connectivity index (χ0n) is 19.5. The second kappa shape index (κ2) is 11.3. The average Bonchev–Trinajstić information content (AvgIpc) is 3.28. The van der Waals surface area contributed by atoms with Crippen LogP contribution in [0.15, 0.2) is 70.2 Å². The number of fused-ring (bicyclic) bond motifs is 1. The smallest absolute Gasteiger partial charge is 0.281 e. The Morgan fingerprint density at radius 3 is 2.69 bits per heavy atom. The predicted molar refractivity (Wildman–Crippen MR) is 144 cm³/mol. The van der Waals surface area contributed by atoms with Gasteiger partial charge in [0, 0.05) is 32.3 Å². The highest BCUT2D eigenvalue weighted by molar-refractivity contribution is 9.10. The van der Waals surface area contributed by atoms with Gasteiger partial charge >= 0.3 is 0 Å². The number of halogens is 1. The van der Waals surface area contributed by atoms with E-state index in [1.165, 1.54) is 29.7 Å². The summed E-state index contributed by atoms with van der Waals surface area (Å²) < 4.78 is 13.3. The van der Waals surface area contributed by atoms with Crippen molar-refractivity contribution in [1.29, 1.82) is 0 Å². The summed E-state index contributed by atoms with van der Waals surface area (Å²) in [6.45, 7) is 4.78. The van der Waals surface area contributed by atoms with Crippen LogP contribution >= 0.6 is 27.3 Å². The summed E-state index contributed by atoms with van der Waals surface area (Å²) in [6.07, 6.45) is 1.51. The topological polar surface area (TPSA) is 103 Å². The van der Waals surface area contributed by atoms with Crippen molar-refractivity contribution in [2.45, 2.75) is 20.5 Å². The first-order valence-corrected chi connectivity index (χ1v) is 12.6. The number of hydrazone groups is 1. The van der Waals surface area contributed by atoms with Crippen molar-refractivity contribution in [3.8, 4) is 11.5 Å². The van der Waals surface area contributed by atoms with E-state index in [1.807, 2.05) is 38.1 Å². The van der Waals surface area contributed by atoms with Gasteiger partial charge in [-0.05, 0) is 59.6 Å². The normalized spacial score (nSPS) is 11.1. The Kier molecular flexibility index (Phi) is 7.97. The highest BCUT2D eigenvalue weighted by Crippen LogP contribution is 2.34. The second-order valence-corrected chi connectivity index (χ2v) is 9.76. The molecule has 3 aromatic carbocycles. The third-order valence-electron chi connectivity index (χ3n) is 5.14. The molecule has 0 saturated carbocycles. The molecule has 0 radical (unpaired) electrons. The first kappa shape index (κ1) is 25.3. The maximum atomic E-state index is 12.6. The molecular weight excluding hydrogens is 546 g/mol. The van der Waals surface area contributed by atoms with Gasteiger partial charge in [-0.3, -0.25) is 14.9 Å². The van der Waals surface area contributed by atoms with E-state index >= 15 is 0 Å². The molecular formula is C26H22BrN3O5S. The highest BCUT2D eigenvalue weighted by atomic mass is 79.9. The van der Waals surface area contributed by atoms with E-state index in [1.54, 1.807) is 18.2 Å². The van der Waals surface area contributed by atoms with Gasteiger partial charge in [0.25, 0.3) is 11.6 Å². The Balaban J connectivity index is 1.47. The Labute approximate surface area is 219 Å². The van der Waals surface area contributed by atoms with E-state index in [-0.39, 0.29) is 5.69 Å². The number of aryl methyl sites for hydroxylation is 1. The minimum atomic E-state index is -0.464. The van der Waals surface area contributed by atoms with E-state index in [4.69, 9.17) is 9.47 Å². The maximum Gasteiger partial charge on any atom is 0.281 e. The van der Waals surface area contributed by atoms with Crippen molar-refractivity contribution in [2.75, 3.05) is 6.61 Å². The predicted octanol–water partition coefficient (Wildman–Crippen LogP) is 6.62. The maximum absolute atomic E-state index is 12.6. The van der Waals surface area contributed by atoms with Gasteiger partial charge in [0.1, 0.15) is 6.61 Å². The molecule has 36 heavy (non-hydrogen) atoms. The lowest BCUT2D eigenvalue weighted by atomic mass is 10.1.